The Balaban J connectivity index is 1.11. The highest BCUT2D eigenvalue weighted by molar-refractivity contribution is 7.22. The fourth-order valence-electron chi connectivity index (χ4n) is 8.99. The van der Waals surface area contributed by atoms with Crippen LogP contribution in [0.5, 0.6) is 11.6 Å². The lowest BCUT2D eigenvalue weighted by Crippen LogP contribution is -2.46. The van der Waals surface area contributed by atoms with Crippen LogP contribution in [0.2, 0.25) is 5.02 Å². The van der Waals surface area contributed by atoms with E-state index in [-0.39, 0.29) is 30.1 Å². The number of hydrogen-bond donors (Lipinski definition) is 1. The van der Waals surface area contributed by atoms with Crippen LogP contribution in [0.25, 0.3) is 31.8 Å². The first-order valence-corrected chi connectivity index (χ1v) is 23.2. The Hall–Kier alpha value is -5.09. The molecule has 4 aliphatic heterocycles. The van der Waals surface area contributed by atoms with Crippen molar-refractivity contribution in [1.82, 2.24) is 34.6 Å². The number of aromatic nitrogens is 4. The topological polar surface area (TPSA) is 126 Å². The Labute approximate surface area is 382 Å². The number of rotatable bonds is 10. The number of likely N-dealkylation sites (N-methyl/N-ethyl adjacent to an activating group) is 1. The van der Waals surface area contributed by atoms with Gasteiger partial charge in [0.2, 0.25) is 12.0 Å². The summed E-state index contributed by atoms with van der Waals surface area (Å²) in [7, 11) is 2.16. The summed E-state index contributed by atoms with van der Waals surface area (Å²) in [6.07, 6.45) is 4.45. The van der Waals surface area contributed by atoms with Crippen molar-refractivity contribution in [2.24, 2.45) is 5.41 Å². The van der Waals surface area contributed by atoms with Crippen molar-refractivity contribution in [3.05, 3.63) is 118 Å². The number of fused-ring (bicyclic) bond motifs is 6. The molecule has 6 aromatic rings. The lowest BCUT2D eigenvalue weighted by molar-refractivity contribution is -0.145. The molecule has 10 rings (SSSR count). The van der Waals surface area contributed by atoms with Crippen molar-refractivity contribution < 1.29 is 28.5 Å². The number of hydrogen-bond acceptors (Lipinski definition) is 12. The summed E-state index contributed by atoms with van der Waals surface area (Å²) in [6.45, 7) is 12.8. The minimum absolute atomic E-state index is 0.0103. The molecule has 2 fully saturated rings. The van der Waals surface area contributed by atoms with Crippen LogP contribution in [0, 0.1) is 18.2 Å². The third-order valence-corrected chi connectivity index (χ3v) is 14.6. The quantitative estimate of drug-likeness (QED) is 0.142. The molecule has 64 heavy (non-hydrogen) atoms. The van der Waals surface area contributed by atoms with Gasteiger partial charge in [-0.1, -0.05) is 54.9 Å². The number of carboxylic acid groups (broad SMARTS) is 1. The largest absolute Gasteiger partial charge is 0.487 e. The predicted octanol–water partition coefficient (Wildman–Crippen LogP) is 8.49. The van der Waals surface area contributed by atoms with Gasteiger partial charge in [-0.3, -0.25) is 9.80 Å². The Kier molecular flexibility index (Phi) is 13.2. The van der Waals surface area contributed by atoms with E-state index in [1.54, 1.807) is 18.3 Å². The minimum atomic E-state index is -1.35. The highest BCUT2D eigenvalue weighted by Crippen LogP contribution is 2.49. The third kappa shape index (κ3) is 9.92. The van der Waals surface area contributed by atoms with Crippen molar-refractivity contribution >= 4 is 39.1 Å². The molecule has 0 radical (unpaired) electrons. The maximum Gasteiger partial charge on any atom is 0.345 e. The van der Waals surface area contributed by atoms with Crippen molar-refractivity contribution in [2.45, 2.75) is 65.3 Å². The zero-order chi connectivity index (χ0) is 44.4. The fraction of sp³-hybridized carbons (Fsp3) is 0.408. The van der Waals surface area contributed by atoms with Gasteiger partial charge in [0.1, 0.15) is 35.2 Å². The molecule has 3 aromatic carbocycles. The molecular weight excluding hydrogens is 853 g/mol. The first-order chi connectivity index (χ1) is 31.0. The van der Waals surface area contributed by atoms with E-state index in [2.05, 4.69) is 61.8 Å². The molecule has 2 saturated heterocycles. The van der Waals surface area contributed by atoms with E-state index in [1.807, 2.05) is 25.1 Å². The number of ether oxygens (including phenoxy) is 3. The second-order valence-electron chi connectivity index (χ2n) is 17.7. The minimum Gasteiger partial charge on any atom is -0.487 e. The van der Waals surface area contributed by atoms with Crippen molar-refractivity contribution in [3.8, 4) is 33.2 Å². The maximum absolute atomic E-state index is 14.3. The molecule has 334 valence electrons. The monoisotopic (exact) mass is 905 g/mol. The zero-order valence-corrected chi connectivity index (χ0v) is 38.1. The van der Waals surface area contributed by atoms with Gasteiger partial charge in [0, 0.05) is 100 Å². The number of aliphatic carboxylic acids is 1. The van der Waals surface area contributed by atoms with E-state index in [4.69, 9.17) is 30.8 Å². The lowest BCUT2D eigenvalue weighted by Gasteiger charge is -2.34. The van der Waals surface area contributed by atoms with Crippen LogP contribution in [-0.4, -0.2) is 111 Å². The number of piperazine rings is 1. The second-order valence-corrected chi connectivity index (χ2v) is 19.1. The summed E-state index contributed by atoms with van der Waals surface area (Å²) < 4.78 is 32.9. The maximum atomic E-state index is 14.3. The lowest BCUT2D eigenvalue weighted by atomic mass is 9.79. The highest BCUT2D eigenvalue weighted by atomic mass is 35.5. The molecule has 3 aromatic heterocycles. The first-order valence-electron chi connectivity index (χ1n) is 22.0. The standard InChI is InChI=1S/C49H53ClFN7O5S/c1-31-38-10-7-34(44(31)50)28-58(21-20-57-18-16-56(3)17-19-57)27-32-4-11-39(62-29-37-12-15-52-41(55-37)26-49(2)13-22-61-23-14-49)35(24-32)25-40(48(59)60)63-46-43-42(38)45(64-47(43)54-30-53-46)33-5-8-36(51)9-6-33/h4-12,15,24,30,40H,13-14,16-23,25-29H2,1-3H3,(H,59,60)/t40-/m1/s1. The molecule has 0 spiro atoms. The van der Waals surface area contributed by atoms with Gasteiger partial charge in [0.15, 0.2) is 0 Å². The fourth-order valence-corrected chi connectivity index (χ4v) is 10.4. The normalized spacial score (nSPS) is 18.5. The molecule has 4 aliphatic rings. The highest BCUT2D eigenvalue weighted by Gasteiger charge is 2.31. The van der Waals surface area contributed by atoms with Gasteiger partial charge < -0.3 is 24.2 Å². The van der Waals surface area contributed by atoms with Gasteiger partial charge in [0.25, 0.3) is 0 Å². The summed E-state index contributed by atoms with van der Waals surface area (Å²) in [5.74, 6) is -0.0720. The Morgan fingerprint density at radius 2 is 1.75 bits per heavy atom. The van der Waals surface area contributed by atoms with Crippen LogP contribution < -0.4 is 9.47 Å². The molecule has 0 unspecified atom stereocenters. The SMILES string of the molecule is Cc1c2ccc(c1Cl)CN(CCN1CCN(C)CC1)Cc1ccc(OCc3ccnc(CC4(C)CCOCC4)n3)c(c1)C[C@H](C(=O)O)Oc1ncnc3sc(-c4ccc(F)cc4)c-2c13. The summed E-state index contributed by atoms with van der Waals surface area (Å²) in [5, 5.41) is 12.1. The molecule has 4 bridgehead atoms. The molecule has 0 aliphatic carbocycles. The van der Waals surface area contributed by atoms with Crippen LogP contribution in [0.4, 0.5) is 4.39 Å². The first kappa shape index (κ1) is 44.1. The average molecular weight is 907 g/mol. The van der Waals surface area contributed by atoms with Crippen LogP contribution >= 0.6 is 22.9 Å². The predicted molar refractivity (Wildman–Crippen MR) is 246 cm³/mol. The van der Waals surface area contributed by atoms with Gasteiger partial charge in [-0.15, -0.1) is 11.3 Å². The van der Waals surface area contributed by atoms with Gasteiger partial charge in [0.05, 0.1) is 11.1 Å². The van der Waals surface area contributed by atoms with Crippen molar-refractivity contribution in [2.75, 3.05) is 59.5 Å². The van der Waals surface area contributed by atoms with Crippen LogP contribution in [-0.2, 0) is 42.1 Å². The molecule has 1 atom stereocenters. The van der Waals surface area contributed by atoms with Gasteiger partial charge in [-0.2, -0.15) is 0 Å². The molecule has 12 nitrogen and oxygen atoms in total. The Bertz CT molecular complexity index is 2630. The number of carboxylic acids is 1. The zero-order valence-electron chi connectivity index (χ0n) is 36.5. The molecule has 15 heteroatoms. The van der Waals surface area contributed by atoms with Gasteiger partial charge in [-0.25, -0.2) is 29.1 Å². The smallest absolute Gasteiger partial charge is 0.345 e. The summed E-state index contributed by atoms with van der Waals surface area (Å²) >= 11 is 8.79. The molecular formula is C49H53ClFN7O5S. The van der Waals surface area contributed by atoms with E-state index in [9.17, 15) is 14.3 Å². The average Bonchev–Trinajstić information content (AvgIpc) is 3.67. The van der Waals surface area contributed by atoms with E-state index in [0.717, 1.165) is 122 Å². The van der Waals surface area contributed by atoms with E-state index in [0.29, 0.717) is 39.6 Å². The van der Waals surface area contributed by atoms with Crippen molar-refractivity contribution in [3.63, 3.8) is 0 Å². The number of thiophene rings is 1. The molecule has 1 N–H and O–H groups in total. The van der Waals surface area contributed by atoms with Gasteiger partial charge in [-0.05, 0) is 89.9 Å². The Morgan fingerprint density at radius 1 is 0.969 bits per heavy atom. The van der Waals surface area contributed by atoms with Crippen LogP contribution in [0.15, 0.2) is 73.2 Å². The molecule has 0 saturated carbocycles. The molecule has 7 heterocycles. The van der Waals surface area contributed by atoms with E-state index >= 15 is 0 Å². The van der Waals surface area contributed by atoms with Gasteiger partial charge >= 0.3 is 5.97 Å². The summed E-state index contributed by atoms with van der Waals surface area (Å²) in [6, 6.07) is 18.3. The number of nitrogens with zero attached hydrogens (tertiary/aromatic N) is 7. The van der Waals surface area contributed by atoms with E-state index in [1.165, 1.54) is 29.8 Å². The summed E-state index contributed by atoms with van der Waals surface area (Å²) in [4.78, 5) is 40.7. The summed E-state index contributed by atoms with van der Waals surface area (Å²) in [5.41, 5.74) is 6.68. The third-order valence-electron chi connectivity index (χ3n) is 12.9. The second kappa shape index (κ2) is 19.2. The number of benzene rings is 3. The molecule has 0 amide bonds. The van der Waals surface area contributed by atoms with Crippen LogP contribution in [0.3, 0.4) is 0 Å². The van der Waals surface area contributed by atoms with E-state index < -0.39 is 12.1 Å². The Morgan fingerprint density at radius 3 is 2.53 bits per heavy atom. The van der Waals surface area contributed by atoms with Crippen LogP contribution in [0.1, 0.15) is 53.5 Å². The number of carbonyl (C=O) groups is 1. The van der Waals surface area contributed by atoms with Crippen molar-refractivity contribution in [1.29, 1.82) is 0 Å². The number of halogens is 2.